The van der Waals surface area contributed by atoms with Gasteiger partial charge in [0.15, 0.2) is 5.82 Å². The molecule has 2 atom stereocenters. The van der Waals surface area contributed by atoms with E-state index in [2.05, 4.69) is 17.1 Å². The van der Waals surface area contributed by atoms with Gasteiger partial charge in [-0.15, -0.1) is 0 Å². The van der Waals surface area contributed by atoms with E-state index in [1.165, 1.54) is 0 Å². The molecule has 1 heterocycles. The number of nitrogen functional groups attached to an aromatic ring is 1. The zero-order valence-electron chi connectivity index (χ0n) is 9.65. The van der Waals surface area contributed by atoms with Gasteiger partial charge in [-0.25, -0.2) is 8.78 Å². The van der Waals surface area contributed by atoms with Gasteiger partial charge in [-0.05, 0) is 18.4 Å². The summed E-state index contributed by atoms with van der Waals surface area (Å²) in [5, 5.41) is 3.81. The van der Waals surface area contributed by atoms with E-state index in [-0.39, 0.29) is 23.1 Å². The Morgan fingerprint density at radius 2 is 2.06 bits per heavy atom. The Bertz CT molecular complexity index is 611. The van der Waals surface area contributed by atoms with E-state index in [0.717, 1.165) is 12.5 Å². The molecule has 4 nitrogen and oxygen atoms in total. The molecule has 6 heteroatoms. The summed E-state index contributed by atoms with van der Waals surface area (Å²) in [6.07, 6.45) is 1.01. The zero-order valence-corrected chi connectivity index (χ0v) is 9.65. The summed E-state index contributed by atoms with van der Waals surface area (Å²) < 4.78 is 31.6. The molecule has 2 aromatic rings. The molecule has 1 aliphatic rings. The van der Waals surface area contributed by atoms with Crippen molar-refractivity contribution in [3.05, 3.63) is 29.6 Å². The third-order valence-electron chi connectivity index (χ3n) is 3.20. The van der Waals surface area contributed by atoms with Crippen LogP contribution in [0, 0.1) is 17.6 Å². The number of halogens is 2. The summed E-state index contributed by atoms with van der Waals surface area (Å²) in [5.41, 5.74) is 5.28. The van der Waals surface area contributed by atoms with Crippen LogP contribution in [-0.4, -0.2) is 10.1 Å². The smallest absolute Gasteiger partial charge is 0.260 e. The van der Waals surface area contributed by atoms with Gasteiger partial charge in [0.05, 0.1) is 11.3 Å². The number of hydrogen-bond acceptors (Lipinski definition) is 4. The lowest BCUT2D eigenvalue weighted by molar-refractivity contribution is 0.419. The first-order valence-corrected chi connectivity index (χ1v) is 5.64. The van der Waals surface area contributed by atoms with Gasteiger partial charge < -0.3 is 10.3 Å². The first-order chi connectivity index (χ1) is 8.56. The number of aromatic nitrogens is 2. The van der Waals surface area contributed by atoms with Crippen molar-refractivity contribution in [2.45, 2.75) is 19.3 Å². The molecule has 0 spiro atoms. The molecule has 94 valence electrons. The van der Waals surface area contributed by atoms with Gasteiger partial charge in [-0.1, -0.05) is 12.1 Å². The summed E-state index contributed by atoms with van der Waals surface area (Å²) in [6.45, 7) is 2.08. The van der Waals surface area contributed by atoms with Crippen molar-refractivity contribution in [2.75, 3.05) is 5.73 Å². The topological polar surface area (TPSA) is 64.9 Å². The summed E-state index contributed by atoms with van der Waals surface area (Å²) in [6, 6.07) is 1.88. The predicted octanol–water partition coefficient (Wildman–Crippen LogP) is 2.72. The van der Waals surface area contributed by atoms with Gasteiger partial charge in [-0.2, -0.15) is 4.98 Å². The fourth-order valence-electron chi connectivity index (χ4n) is 1.91. The number of anilines is 1. The lowest BCUT2D eigenvalue weighted by Crippen LogP contribution is -1.95. The van der Waals surface area contributed by atoms with Crippen molar-refractivity contribution in [1.29, 1.82) is 0 Å². The van der Waals surface area contributed by atoms with Crippen LogP contribution < -0.4 is 5.73 Å². The van der Waals surface area contributed by atoms with Gasteiger partial charge in [0.2, 0.25) is 0 Å². The first-order valence-electron chi connectivity index (χ1n) is 5.64. The molecule has 18 heavy (non-hydrogen) atoms. The maximum absolute atomic E-state index is 13.6. The Balaban J connectivity index is 1.99. The van der Waals surface area contributed by atoms with Crippen molar-refractivity contribution in [3.8, 4) is 11.5 Å². The SMILES string of the molecule is CC1CC1c1noc(-c2cc(N)c(F)cc2F)n1. The maximum atomic E-state index is 13.6. The van der Waals surface area contributed by atoms with Crippen molar-refractivity contribution < 1.29 is 13.3 Å². The van der Waals surface area contributed by atoms with Gasteiger partial charge in [0.1, 0.15) is 11.6 Å². The van der Waals surface area contributed by atoms with Crippen LogP contribution in [0.1, 0.15) is 25.1 Å². The summed E-state index contributed by atoms with van der Waals surface area (Å²) in [7, 11) is 0. The molecule has 1 aliphatic carbocycles. The highest BCUT2D eigenvalue weighted by molar-refractivity contribution is 5.61. The van der Waals surface area contributed by atoms with Crippen LogP contribution in [0.2, 0.25) is 0 Å². The van der Waals surface area contributed by atoms with Crippen LogP contribution in [0.3, 0.4) is 0 Å². The normalized spacial score (nSPS) is 22.2. The third kappa shape index (κ3) is 1.73. The fraction of sp³-hybridized carbons (Fsp3) is 0.333. The minimum Gasteiger partial charge on any atom is -0.396 e. The van der Waals surface area contributed by atoms with E-state index >= 15 is 0 Å². The average molecular weight is 251 g/mol. The highest BCUT2D eigenvalue weighted by Gasteiger charge is 2.38. The molecule has 1 saturated carbocycles. The van der Waals surface area contributed by atoms with Crippen molar-refractivity contribution in [2.24, 2.45) is 5.92 Å². The molecule has 0 amide bonds. The number of benzene rings is 1. The van der Waals surface area contributed by atoms with Crippen LogP contribution in [0.5, 0.6) is 0 Å². The quantitative estimate of drug-likeness (QED) is 0.833. The molecule has 1 aromatic carbocycles. The second-order valence-electron chi connectivity index (χ2n) is 4.63. The second-order valence-corrected chi connectivity index (χ2v) is 4.63. The minimum absolute atomic E-state index is 0.0287. The zero-order chi connectivity index (χ0) is 12.9. The Labute approximate surface area is 102 Å². The number of nitrogens with two attached hydrogens (primary N) is 1. The van der Waals surface area contributed by atoms with Gasteiger partial charge >= 0.3 is 0 Å². The minimum atomic E-state index is -0.799. The Morgan fingerprint density at radius 1 is 1.33 bits per heavy atom. The molecule has 3 rings (SSSR count). The third-order valence-corrected chi connectivity index (χ3v) is 3.20. The van der Waals surface area contributed by atoms with Gasteiger partial charge in [0.25, 0.3) is 5.89 Å². The number of nitrogens with zero attached hydrogens (tertiary/aromatic N) is 2. The average Bonchev–Trinajstić information content (AvgIpc) is 2.88. The van der Waals surface area contributed by atoms with Crippen LogP contribution in [0.25, 0.3) is 11.5 Å². The molecule has 0 bridgehead atoms. The second kappa shape index (κ2) is 3.76. The molecular weight excluding hydrogens is 240 g/mol. The highest BCUT2D eigenvalue weighted by atomic mass is 19.1. The Kier molecular flexibility index (Phi) is 2.33. The van der Waals surface area contributed by atoms with Crippen molar-refractivity contribution in [3.63, 3.8) is 0 Å². The largest absolute Gasteiger partial charge is 0.396 e. The number of hydrogen-bond donors (Lipinski definition) is 1. The van der Waals surface area contributed by atoms with E-state index in [9.17, 15) is 8.78 Å². The molecule has 0 saturated heterocycles. The first kappa shape index (κ1) is 11.1. The molecule has 0 radical (unpaired) electrons. The van der Waals surface area contributed by atoms with Gasteiger partial charge in [-0.3, -0.25) is 0 Å². The maximum Gasteiger partial charge on any atom is 0.260 e. The molecule has 1 fully saturated rings. The lowest BCUT2D eigenvalue weighted by atomic mass is 10.2. The summed E-state index contributed by atoms with van der Waals surface area (Å²) in [5.74, 6) is -0.150. The fourth-order valence-corrected chi connectivity index (χ4v) is 1.91. The van der Waals surface area contributed by atoms with Crippen molar-refractivity contribution in [1.82, 2.24) is 10.1 Å². The van der Waals surface area contributed by atoms with E-state index in [1.807, 2.05) is 0 Å². The van der Waals surface area contributed by atoms with E-state index < -0.39 is 11.6 Å². The monoisotopic (exact) mass is 251 g/mol. The predicted molar refractivity (Wildman–Crippen MR) is 60.6 cm³/mol. The molecular formula is C12H11F2N3O. The van der Waals surface area contributed by atoms with Crippen LogP contribution >= 0.6 is 0 Å². The molecule has 1 aromatic heterocycles. The summed E-state index contributed by atoms with van der Waals surface area (Å²) in [4.78, 5) is 4.13. The lowest BCUT2D eigenvalue weighted by Gasteiger charge is -2.00. The molecule has 2 unspecified atom stereocenters. The standard InChI is InChI=1S/C12H11F2N3O/c1-5-2-6(5)11-16-12(18-17-11)7-3-10(15)9(14)4-8(7)13/h3-6H,2,15H2,1H3. The van der Waals surface area contributed by atoms with Crippen molar-refractivity contribution >= 4 is 5.69 Å². The van der Waals surface area contributed by atoms with Crippen LogP contribution in [-0.2, 0) is 0 Å². The number of rotatable bonds is 2. The van der Waals surface area contributed by atoms with E-state index in [0.29, 0.717) is 17.8 Å². The van der Waals surface area contributed by atoms with Crippen LogP contribution in [0.15, 0.2) is 16.7 Å². The van der Waals surface area contributed by atoms with E-state index in [4.69, 9.17) is 10.3 Å². The highest BCUT2D eigenvalue weighted by Crippen LogP contribution is 2.45. The van der Waals surface area contributed by atoms with Gasteiger partial charge in [0, 0.05) is 12.0 Å². The molecule has 2 N–H and O–H groups in total. The Morgan fingerprint density at radius 3 is 2.72 bits per heavy atom. The van der Waals surface area contributed by atoms with E-state index in [1.54, 1.807) is 0 Å². The summed E-state index contributed by atoms with van der Waals surface area (Å²) >= 11 is 0. The Hall–Kier alpha value is -1.98. The molecule has 0 aliphatic heterocycles. The van der Waals surface area contributed by atoms with Crippen LogP contribution in [0.4, 0.5) is 14.5 Å².